The number of nitrogens with two attached hydrogens (primary N) is 1. The molecule has 0 amide bonds. The van der Waals surface area contributed by atoms with Gasteiger partial charge in [-0.25, -0.2) is 8.42 Å². The first kappa shape index (κ1) is 13.1. The van der Waals surface area contributed by atoms with Gasteiger partial charge in [-0.05, 0) is 11.6 Å². The summed E-state index contributed by atoms with van der Waals surface area (Å²) in [4.78, 5) is 0.202. The van der Waals surface area contributed by atoms with Crippen LogP contribution in [0.15, 0.2) is 29.2 Å². The van der Waals surface area contributed by atoms with E-state index in [2.05, 4.69) is 0 Å². The minimum Gasteiger partial charge on any atom is -0.395 e. The third-order valence-electron chi connectivity index (χ3n) is 2.30. The predicted octanol–water partition coefficient (Wildman–Crippen LogP) is -0.242. The van der Waals surface area contributed by atoms with E-state index in [9.17, 15) is 8.42 Å². The molecule has 1 aromatic rings. The van der Waals surface area contributed by atoms with Crippen LogP contribution < -0.4 is 5.73 Å². The van der Waals surface area contributed by atoms with E-state index in [1.165, 1.54) is 13.1 Å². The molecule has 0 bridgehead atoms. The predicted molar refractivity (Wildman–Crippen MR) is 61.2 cm³/mol. The summed E-state index contributed by atoms with van der Waals surface area (Å²) in [6.07, 6.45) is 0. The molecule has 0 saturated carbocycles. The van der Waals surface area contributed by atoms with E-state index in [1.54, 1.807) is 18.2 Å². The summed E-state index contributed by atoms with van der Waals surface area (Å²) in [5.41, 5.74) is 6.07. The van der Waals surface area contributed by atoms with Crippen LogP contribution in [0.3, 0.4) is 0 Å². The molecule has 0 fully saturated rings. The highest BCUT2D eigenvalue weighted by Gasteiger charge is 2.22. The molecule has 6 heteroatoms. The summed E-state index contributed by atoms with van der Waals surface area (Å²) < 4.78 is 25.2. The van der Waals surface area contributed by atoms with Crippen molar-refractivity contribution in [1.82, 2.24) is 4.31 Å². The average Bonchev–Trinajstić information content (AvgIpc) is 2.29. The second-order valence-electron chi connectivity index (χ2n) is 3.36. The first-order valence-corrected chi connectivity index (χ1v) is 6.33. The lowest BCUT2D eigenvalue weighted by Crippen LogP contribution is -2.30. The Hall–Kier alpha value is -0.950. The smallest absolute Gasteiger partial charge is 0.243 e. The molecule has 16 heavy (non-hydrogen) atoms. The lowest BCUT2D eigenvalue weighted by molar-refractivity contribution is 0.266. The highest BCUT2D eigenvalue weighted by atomic mass is 32.2. The van der Waals surface area contributed by atoms with Gasteiger partial charge in [-0.3, -0.25) is 0 Å². The summed E-state index contributed by atoms with van der Waals surface area (Å²) in [5, 5.41) is 8.74. The minimum absolute atomic E-state index is 0.0707. The van der Waals surface area contributed by atoms with Gasteiger partial charge in [0.05, 0.1) is 11.5 Å². The lowest BCUT2D eigenvalue weighted by Gasteiger charge is -2.17. The number of hydrogen-bond donors (Lipinski definition) is 2. The number of benzene rings is 1. The maximum atomic E-state index is 12.1. The van der Waals surface area contributed by atoms with Gasteiger partial charge in [0.1, 0.15) is 0 Å². The number of aliphatic hydroxyl groups excluding tert-OH is 1. The standard InChI is InChI=1S/C10H16N2O3S/c1-12(6-7-13)16(14,15)10-5-3-2-4-9(10)8-11/h2-5,13H,6-8,11H2,1H3. The second kappa shape index (κ2) is 5.40. The molecule has 1 rings (SSSR count). The summed E-state index contributed by atoms with van der Waals surface area (Å²) >= 11 is 0. The fourth-order valence-electron chi connectivity index (χ4n) is 1.35. The first-order chi connectivity index (χ1) is 7.54. The van der Waals surface area contributed by atoms with Crippen molar-refractivity contribution in [3.63, 3.8) is 0 Å². The van der Waals surface area contributed by atoms with Crippen molar-refractivity contribution in [3.05, 3.63) is 29.8 Å². The van der Waals surface area contributed by atoms with Crippen LogP contribution in [0.1, 0.15) is 5.56 Å². The van der Waals surface area contributed by atoms with Gasteiger partial charge in [-0.2, -0.15) is 4.31 Å². The third-order valence-corrected chi connectivity index (χ3v) is 4.25. The van der Waals surface area contributed by atoms with E-state index in [0.29, 0.717) is 5.56 Å². The molecule has 0 saturated heterocycles. The highest BCUT2D eigenvalue weighted by Crippen LogP contribution is 2.18. The number of nitrogens with zero attached hydrogens (tertiary/aromatic N) is 1. The van der Waals surface area contributed by atoms with Crippen molar-refractivity contribution >= 4 is 10.0 Å². The van der Waals surface area contributed by atoms with E-state index in [4.69, 9.17) is 10.8 Å². The number of likely N-dealkylation sites (N-methyl/N-ethyl adjacent to an activating group) is 1. The molecule has 3 N–H and O–H groups in total. The molecule has 0 atom stereocenters. The Labute approximate surface area is 95.5 Å². The zero-order chi connectivity index (χ0) is 12.2. The van der Waals surface area contributed by atoms with Crippen LogP contribution >= 0.6 is 0 Å². The van der Waals surface area contributed by atoms with Gasteiger partial charge < -0.3 is 10.8 Å². The fraction of sp³-hybridized carbons (Fsp3) is 0.400. The number of aliphatic hydroxyl groups is 1. The Morgan fingerprint density at radius 2 is 2.00 bits per heavy atom. The topological polar surface area (TPSA) is 83.6 Å². The molecule has 0 aliphatic carbocycles. The maximum absolute atomic E-state index is 12.1. The molecule has 5 nitrogen and oxygen atoms in total. The normalized spacial score (nSPS) is 12.0. The molecule has 0 radical (unpaired) electrons. The van der Waals surface area contributed by atoms with Gasteiger partial charge in [-0.15, -0.1) is 0 Å². The Balaban J connectivity index is 3.16. The molecule has 0 unspecified atom stereocenters. The van der Waals surface area contributed by atoms with Crippen LogP contribution in [-0.4, -0.2) is 38.0 Å². The van der Waals surface area contributed by atoms with E-state index in [1.807, 2.05) is 0 Å². The largest absolute Gasteiger partial charge is 0.395 e. The summed E-state index contributed by atoms with van der Waals surface area (Å²) in [6.45, 7) is 0.0319. The van der Waals surface area contributed by atoms with Crippen molar-refractivity contribution in [2.24, 2.45) is 5.73 Å². The van der Waals surface area contributed by atoms with Crippen molar-refractivity contribution in [3.8, 4) is 0 Å². The van der Waals surface area contributed by atoms with Crippen LogP contribution in [0.4, 0.5) is 0 Å². The Bertz CT molecular complexity index is 445. The average molecular weight is 244 g/mol. The summed E-state index contributed by atoms with van der Waals surface area (Å²) in [6, 6.07) is 6.59. The molecular weight excluding hydrogens is 228 g/mol. The lowest BCUT2D eigenvalue weighted by atomic mass is 10.2. The molecule has 90 valence electrons. The fourth-order valence-corrected chi connectivity index (χ4v) is 2.74. The first-order valence-electron chi connectivity index (χ1n) is 4.89. The van der Waals surface area contributed by atoms with Crippen LogP contribution in [-0.2, 0) is 16.6 Å². The van der Waals surface area contributed by atoms with Gasteiger partial charge in [0.25, 0.3) is 0 Å². The zero-order valence-electron chi connectivity index (χ0n) is 9.13. The van der Waals surface area contributed by atoms with Gasteiger partial charge in [0.2, 0.25) is 10.0 Å². The summed E-state index contributed by atoms with van der Waals surface area (Å²) in [7, 11) is -2.12. The van der Waals surface area contributed by atoms with Gasteiger partial charge in [0, 0.05) is 20.1 Å². The summed E-state index contributed by atoms with van der Waals surface area (Å²) in [5.74, 6) is 0. The van der Waals surface area contributed by atoms with Gasteiger partial charge >= 0.3 is 0 Å². The second-order valence-corrected chi connectivity index (χ2v) is 5.38. The molecule has 0 aliphatic rings. The molecule has 0 spiro atoms. The minimum atomic E-state index is -3.55. The monoisotopic (exact) mass is 244 g/mol. The number of sulfonamides is 1. The van der Waals surface area contributed by atoms with Gasteiger partial charge in [0.15, 0.2) is 0 Å². The SMILES string of the molecule is CN(CCO)S(=O)(=O)c1ccccc1CN. The Morgan fingerprint density at radius 3 is 2.56 bits per heavy atom. The van der Waals surface area contributed by atoms with Crippen molar-refractivity contribution in [2.75, 3.05) is 20.2 Å². The van der Waals surface area contributed by atoms with Crippen LogP contribution in [0.2, 0.25) is 0 Å². The van der Waals surface area contributed by atoms with E-state index in [0.717, 1.165) is 4.31 Å². The van der Waals surface area contributed by atoms with Crippen LogP contribution in [0.5, 0.6) is 0 Å². The third kappa shape index (κ3) is 2.59. The Morgan fingerprint density at radius 1 is 1.38 bits per heavy atom. The van der Waals surface area contributed by atoms with E-state index >= 15 is 0 Å². The molecule has 0 heterocycles. The Kier molecular flexibility index (Phi) is 4.43. The quantitative estimate of drug-likeness (QED) is 0.748. The van der Waals surface area contributed by atoms with Crippen molar-refractivity contribution in [2.45, 2.75) is 11.4 Å². The molecule has 1 aromatic carbocycles. The number of hydrogen-bond acceptors (Lipinski definition) is 4. The zero-order valence-corrected chi connectivity index (χ0v) is 9.94. The van der Waals surface area contributed by atoms with Crippen LogP contribution in [0.25, 0.3) is 0 Å². The van der Waals surface area contributed by atoms with Gasteiger partial charge in [-0.1, -0.05) is 18.2 Å². The number of rotatable bonds is 5. The maximum Gasteiger partial charge on any atom is 0.243 e. The van der Waals surface area contributed by atoms with Crippen molar-refractivity contribution < 1.29 is 13.5 Å². The van der Waals surface area contributed by atoms with Crippen LogP contribution in [0, 0.1) is 0 Å². The van der Waals surface area contributed by atoms with E-state index < -0.39 is 10.0 Å². The van der Waals surface area contributed by atoms with E-state index in [-0.39, 0.29) is 24.6 Å². The molecule has 0 aromatic heterocycles. The molecular formula is C10H16N2O3S. The highest BCUT2D eigenvalue weighted by molar-refractivity contribution is 7.89. The van der Waals surface area contributed by atoms with Crippen molar-refractivity contribution in [1.29, 1.82) is 0 Å². The molecule has 0 aliphatic heterocycles.